The molecule has 1 heterocycles. The van der Waals surface area contributed by atoms with Crippen molar-refractivity contribution < 1.29 is 4.74 Å². The first-order valence-electron chi connectivity index (χ1n) is 5.92. The van der Waals surface area contributed by atoms with Crippen LogP contribution < -0.4 is 0 Å². The lowest BCUT2D eigenvalue weighted by atomic mass is 9.63. The molecule has 0 N–H and O–H groups in total. The van der Waals surface area contributed by atoms with Crippen LogP contribution in [0.1, 0.15) is 32.6 Å². The smallest absolute Gasteiger partial charge is 0.287 e. The van der Waals surface area contributed by atoms with Gasteiger partial charge >= 0.3 is 0 Å². The summed E-state index contributed by atoms with van der Waals surface area (Å²) >= 11 is 0. The van der Waals surface area contributed by atoms with Gasteiger partial charge in [-0.15, -0.1) is 0 Å². The highest BCUT2D eigenvalue weighted by atomic mass is 16.5. The first-order chi connectivity index (χ1) is 7.06. The summed E-state index contributed by atoms with van der Waals surface area (Å²) in [5.41, 5.74) is 0. The predicted octanol–water partition coefficient (Wildman–Crippen LogP) is 1.06. The van der Waals surface area contributed by atoms with Gasteiger partial charge in [-0.2, -0.15) is 0 Å². The molecule has 0 aromatic carbocycles. The van der Waals surface area contributed by atoms with Crippen LogP contribution in [0.3, 0.4) is 0 Å². The zero-order chi connectivity index (χ0) is 11.1. The summed E-state index contributed by atoms with van der Waals surface area (Å²) in [7, 11) is 6.24. The van der Waals surface area contributed by atoms with Gasteiger partial charge in [-0.05, 0) is 11.7 Å². The van der Waals surface area contributed by atoms with Crippen molar-refractivity contribution in [2.45, 2.75) is 50.1 Å². The molecular formula is C11H21BN2O. The van der Waals surface area contributed by atoms with E-state index in [2.05, 4.69) is 31.7 Å². The normalized spacial score (nSPS) is 43.7. The summed E-state index contributed by atoms with van der Waals surface area (Å²) in [6, 6.07) is 1.35. The molecule has 0 bridgehead atoms. The molecule has 4 heteroatoms. The summed E-state index contributed by atoms with van der Waals surface area (Å²) in [5.74, 6) is 0. The maximum absolute atomic E-state index is 6.00. The van der Waals surface area contributed by atoms with Crippen molar-refractivity contribution in [2.75, 3.05) is 14.1 Å². The summed E-state index contributed by atoms with van der Waals surface area (Å²) in [6.07, 6.45) is 5.47. The van der Waals surface area contributed by atoms with Gasteiger partial charge in [-0.25, -0.2) is 4.99 Å². The number of fused-ring (bicyclic) bond motifs is 1. The monoisotopic (exact) mass is 208 g/mol. The fourth-order valence-electron chi connectivity index (χ4n) is 2.93. The molecule has 2 aliphatic rings. The fraction of sp³-hybridized carbons (Fsp3) is 0.909. The standard InChI is InChI=1S/C11H21BN2O/c1-11(12)7-5-4-6-8-9(11)15-10(13-2)14(8)3/h8-9H,4-7,12H2,1-3H3/b13-10+. The van der Waals surface area contributed by atoms with E-state index in [0.29, 0.717) is 12.1 Å². The Morgan fingerprint density at radius 2 is 2.27 bits per heavy atom. The number of hydrogen-bond acceptors (Lipinski definition) is 2. The molecule has 0 aromatic rings. The highest BCUT2D eigenvalue weighted by molar-refractivity contribution is 6.15. The van der Waals surface area contributed by atoms with Gasteiger partial charge in [0.15, 0.2) is 0 Å². The molecule has 0 spiro atoms. The van der Waals surface area contributed by atoms with Crippen LogP contribution in [-0.4, -0.2) is 45.0 Å². The highest BCUT2D eigenvalue weighted by Gasteiger charge is 2.46. The van der Waals surface area contributed by atoms with Crippen LogP contribution in [0.4, 0.5) is 0 Å². The Hall–Kier alpha value is -0.665. The van der Waals surface area contributed by atoms with Crippen molar-refractivity contribution in [3.8, 4) is 0 Å². The van der Waals surface area contributed by atoms with Crippen LogP contribution in [0, 0.1) is 0 Å². The Bertz CT molecular complexity index is 278. The van der Waals surface area contributed by atoms with Crippen molar-refractivity contribution in [1.82, 2.24) is 4.90 Å². The average Bonchev–Trinajstić information content (AvgIpc) is 2.43. The van der Waals surface area contributed by atoms with E-state index in [-0.39, 0.29) is 5.31 Å². The minimum absolute atomic E-state index is 0.280. The van der Waals surface area contributed by atoms with Gasteiger partial charge in [0.2, 0.25) is 0 Å². The maximum atomic E-state index is 6.00. The number of amidine groups is 1. The number of rotatable bonds is 0. The quantitative estimate of drug-likeness (QED) is 0.556. The lowest BCUT2D eigenvalue weighted by Crippen LogP contribution is -2.38. The summed E-state index contributed by atoms with van der Waals surface area (Å²) in [6.45, 7) is 2.32. The third-order valence-electron chi connectivity index (χ3n) is 3.91. The second-order valence-electron chi connectivity index (χ2n) is 5.46. The fourth-order valence-corrected chi connectivity index (χ4v) is 2.93. The zero-order valence-electron chi connectivity index (χ0n) is 10.3. The molecule has 1 saturated heterocycles. The number of hydrogen-bond donors (Lipinski definition) is 0. The van der Waals surface area contributed by atoms with Crippen LogP contribution in [-0.2, 0) is 4.74 Å². The highest BCUT2D eigenvalue weighted by Crippen LogP contribution is 2.44. The average molecular weight is 208 g/mol. The summed E-state index contributed by atoms with van der Waals surface area (Å²) < 4.78 is 6.00. The zero-order valence-corrected chi connectivity index (χ0v) is 10.3. The molecule has 2 fully saturated rings. The van der Waals surface area contributed by atoms with Gasteiger partial charge in [0.25, 0.3) is 6.02 Å². The van der Waals surface area contributed by atoms with Gasteiger partial charge < -0.3 is 9.64 Å². The second kappa shape index (κ2) is 3.73. The van der Waals surface area contributed by atoms with E-state index in [0.717, 1.165) is 6.02 Å². The van der Waals surface area contributed by atoms with Crippen LogP contribution >= 0.6 is 0 Å². The molecule has 1 aliphatic carbocycles. The van der Waals surface area contributed by atoms with Gasteiger partial charge in [-0.1, -0.05) is 26.2 Å². The van der Waals surface area contributed by atoms with Gasteiger partial charge in [0.1, 0.15) is 14.0 Å². The van der Waals surface area contributed by atoms with Crippen LogP contribution in [0.2, 0.25) is 5.31 Å². The summed E-state index contributed by atoms with van der Waals surface area (Å²) in [5, 5.41) is 0.280. The van der Waals surface area contributed by atoms with Crippen molar-refractivity contribution in [1.29, 1.82) is 0 Å². The molecule has 3 nitrogen and oxygen atoms in total. The minimum Gasteiger partial charge on any atom is -0.460 e. The lowest BCUT2D eigenvalue weighted by molar-refractivity contribution is 0.142. The molecule has 0 aromatic heterocycles. The van der Waals surface area contributed by atoms with Crippen molar-refractivity contribution >= 4 is 13.9 Å². The number of likely N-dealkylation sites (N-methyl/N-ethyl adjacent to an activating group) is 1. The van der Waals surface area contributed by atoms with Crippen molar-refractivity contribution in [2.24, 2.45) is 4.99 Å². The lowest BCUT2D eigenvalue weighted by Gasteiger charge is -2.31. The van der Waals surface area contributed by atoms with E-state index in [1.165, 1.54) is 25.7 Å². The molecule has 0 radical (unpaired) electrons. The Labute approximate surface area is 93.3 Å². The van der Waals surface area contributed by atoms with Crippen LogP contribution in [0.25, 0.3) is 0 Å². The van der Waals surface area contributed by atoms with E-state index < -0.39 is 0 Å². The Balaban J connectivity index is 2.26. The Morgan fingerprint density at radius 1 is 1.53 bits per heavy atom. The van der Waals surface area contributed by atoms with Crippen LogP contribution in [0.15, 0.2) is 4.99 Å². The van der Waals surface area contributed by atoms with E-state index in [4.69, 9.17) is 4.74 Å². The van der Waals surface area contributed by atoms with Gasteiger partial charge in [0, 0.05) is 14.1 Å². The third kappa shape index (κ3) is 1.74. The number of aliphatic imine (C=N–C) groups is 1. The molecule has 3 unspecified atom stereocenters. The first kappa shape index (κ1) is 10.8. The largest absolute Gasteiger partial charge is 0.460 e. The summed E-state index contributed by atoms with van der Waals surface area (Å²) in [4.78, 5) is 6.43. The van der Waals surface area contributed by atoms with Crippen molar-refractivity contribution in [3.05, 3.63) is 0 Å². The van der Waals surface area contributed by atoms with Crippen LogP contribution in [0.5, 0.6) is 0 Å². The molecule has 84 valence electrons. The second-order valence-corrected chi connectivity index (χ2v) is 5.46. The third-order valence-corrected chi connectivity index (χ3v) is 3.91. The minimum atomic E-state index is 0.280. The van der Waals surface area contributed by atoms with E-state index >= 15 is 0 Å². The van der Waals surface area contributed by atoms with Gasteiger partial charge in [-0.3, -0.25) is 0 Å². The number of nitrogens with zero attached hydrogens (tertiary/aromatic N) is 2. The Morgan fingerprint density at radius 3 is 2.93 bits per heavy atom. The first-order valence-corrected chi connectivity index (χ1v) is 5.92. The molecule has 1 saturated carbocycles. The number of ether oxygens (including phenoxy) is 1. The van der Waals surface area contributed by atoms with E-state index in [1.54, 1.807) is 0 Å². The predicted molar refractivity (Wildman–Crippen MR) is 65.2 cm³/mol. The SMILES string of the molecule is BC1(C)CCCCC2C1O/C(=N/C)N2C. The molecular weight excluding hydrogens is 187 g/mol. The van der Waals surface area contributed by atoms with Crippen molar-refractivity contribution in [3.63, 3.8) is 0 Å². The van der Waals surface area contributed by atoms with E-state index in [9.17, 15) is 0 Å². The molecule has 1 aliphatic heterocycles. The van der Waals surface area contributed by atoms with E-state index in [1.807, 2.05) is 7.05 Å². The molecule has 15 heavy (non-hydrogen) atoms. The Kier molecular flexibility index (Phi) is 2.69. The molecule has 3 atom stereocenters. The molecule has 0 amide bonds. The topological polar surface area (TPSA) is 24.8 Å². The maximum Gasteiger partial charge on any atom is 0.287 e. The van der Waals surface area contributed by atoms with Gasteiger partial charge in [0.05, 0.1) is 6.04 Å². The molecule has 2 rings (SSSR count).